The van der Waals surface area contributed by atoms with E-state index in [1.165, 1.54) is 11.1 Å². The maximum atomic E-state index is 12.9. The Hall–Kier alpha value is -4.20. The molecule has 1 aliphatic rings. The van der Waals surface area contributed by atoms with Crippen molar-refractivity contribution in [2.24, 2.45) is 0 Å². The van der Waals surface area contributed by atoms with Crippen molar-refractivity contribution >= 4 is 29.4 Å². The highest BCUT2D eigenvalue weighted by atomic mass is 16.5. The predicted octanol–water partition coefficient (Wildman–Crippen LogP) is 1.29. The minimum absolute atomic E-state index is 0.0317. The second kappa shape index (κ2) is 9.74. The average molecular weight is 438 g/mol. The van der Waals surface area contributed by atoms with Crippen LogP contribution in [0.5, 0.6) is 0 Å². The first kappa shape index (κ1) is 22.5. The summed E-state index contributed by atoms with van der Waals surface area (Å²) in [5, 5.41) is 21.2. The number of hydrogen-bond acceptors (Lipinski definition) is 9. The molecule has 0 fully saturated rings. The van der Waals surface area contributed by atoms with E-state index in [2.05, 4.69) is 15.3 Å². The van der Waals surface area contributed by atoms with E-state index in [0.29, 0.717) is 22.5 Å². The number of carboxylic acid groups (broad SMARTS) is 1. The number of carbonyl (C=O) groups is 3. The van der Waals surface area contributed by atoms with Crippen LogP contribution in [0.3, 0.4) is 0 Å². The summed E-state index contributed by atoms with van der Waals surface area (Å²) in [6.07, 6.45) is 1.17. The second-order valence-corrected chi connectivity index (χ2v) is 7.07. The van der Waals surface area contributed by atoms with Gasteiger partial charge >= 0.3 is 11.9 Å². The van der Waals surface area contributed by atoms with Crippen molar-refractivity contribution in [1.82, 2.24) is 14.9 Å². The van der Waals surface area contributed by atoms with E-state index in [9.17, 15) is 14.4 Å². The lowest BCUT2D eigenvalue weighted by Crippen LogP contribution is -2.42. The molecule has 2 heterocycles. The molecule has 0 saturated carbocycles. The minimum Gasteiger partial charge on any atom is -0.481 e. The molecule has 32 heavy (non-hydrogen) atoms. The number of fused-ring (bicyclic) bond motifs is 1. The van der Waals surface area contributed by atoms with Gasteiger partial charge in [-0.15, -0.1) is 0 Å². The zero-order valence-corrected chi connectivity index (χ0v) is 17.4. The molecule has 11 heteroatoms. The van der Waals surface area contributed by atoms with Gasteiger partial charge in [0.05, 0.1) is 25.0 Å². The Bertz CT molecular complexity index is 1100. The fourth-order valence-corrected chi connectivity index (χ4v) is 3.40. The SMILES string of the molecule is CCOC(=O)[C@H](CCC(=O)O)N1Cc2cc(NCc3cnc(N)c(C#N)n3)ccc2C1=O. The van der Waals surface area contributed by atoms with Gasteiger partial charge in [0.2, 0.25) is 0 Å². The van der Waals surface area contributed by atoms with E-state index in [-0.39, 0.29) is 50.0 Å². The molecule has 1 amide bonds. The van der Waals surface area contributed by atoms with Gasteiger partial charge in [-0.1, -0.05) is 0 Å². The molecule has 1 atom stereocenters. The van der Waals surface area contributed by atoms with Gasteiger partial charge in [0.25, 0.3) is 5.91 Å². The fourth-order valence-electron chi connectivity index (χ4n) is 3.40. The van der Waals surface area contributed by atoms with E-state index < -0.39 is 18.0 Å². The number of nitrogens with one attached hydrogen (secondary N) is 1. The third-order valence-corrected chi connectivity index (χ3v) is 4.93. The van der Waals surface area contributed by atoms with Gasteiger partial charge in [0, 0.05) is 24.2 Å². The smallest absolute Gasteiger partial charge is 0.328 e. The summed E-state index contributed by atoms with van der Waals surface area (Å²) < 4.78 is 5.05. The molecule has 0 bridgehead atoms. The largest absolute Gasteiger partial charge is 0.481 e. The lowest BCUT2D eigenvalue weighted by Gasteiger charge is -2.25. The van der Waals surface area contributed by atoms with Crippen molar-refractivity contribution in [3.8, 4) is 6.07 Å². The van der Waals surface area contributed by atoms with E-state index in [1.807, 2.05) is 6.07 Å². The number of aromatic nitrogens is 2. The molecular formula is C21H22N6O5. The first-order valence-corrected chi connectivity index (χ1v) is 9.91. The maximum Gasteiger partial charge on any atom is 0.328 e. The van der Waals surface area contributed by atoms with Gasteiger partial charge < -0.3 is 25.8 Å². The normalized spacial score (nSPS) is 13.2. The van der Waals surface area contributed by atoms with E-state index >= 15 is 0 Å². The fraction of sp³-hybridized carbons (Fsp3) is 0.333. The van der Waals surface area contributed by atoms with Crippen molar-refractivity contribution in [2.75, 3.05) is 17.7 Å². The summed E-state index contributed by atoms with van der Waals surface area (Å²) in [5.41, 5.74) is 7.99. The van der Waals surface area contributed by atoms with E-state index in [0.717, 1.165) is 0 Å². The van der Waals surface area contributed by atoms with Crippen LogP contribution >= 0.6 is 0 Å². The molecule has 1 aliphatic heterocycles. The molecule has 4 N–H and O–H groups in total. The van der Waals surface area contributed by atoms with Gasteiger partial charge in [0.1, 0.15) is 12.1 Å². The molecular weight excluding hydrogens is 416 g/mol. The highest BCUT2D eigenvalue weighted by Gasteiger charge is 2.37. The Morgan fingerprint density at radius 2 is 2.22 bits per heavy atom. The Labute approximate surface area is 183 Å². The lowest BCUT2D eigenvalue weighted by molar-refractivity contribution is -0.149. The molecule has 0 spiro atoms. The predicted molar refractivity (Wildman–Crippen MR) is 112 cm³/mol. The molecule has 0 aliphatic carbocycles. The van der Waals surface area contributed by atoms with Crippen molar-refractivity contribution < 1.29 is 24.2 Å². The second-order valence-electron chi connectivity index (χ2n) is 7.07. The van der Waals surface area contributed by atoms with Crippen LogP contribution in [0.25, 0.3) is 0 Å². The van der Waals surface area contributed by atoms with Crippen molar-refractivity contribution in [2.45, 2.75) is 38.9 Å². The van der Waals surface area contributed by atoms with Gasteiger partial charge in [-0.2, -0.15) is 5.26 Å². The Kier molecular flexibility index (Phi) is 6.84. The molecule has 0 unspecified atom stereocenters. The molecule has 0 saturated heterocycles. The average Bonchev–Trinajstić information content (AvgIpc) is 3.09. The lowest BCUT2D eigenvalue weighted by atomic mass is 10.1. The minimum atomic E-state index is -1.06. The van der Waals surface area contributed by atoms with E-state index in [1.54, 1.807) is 25.1 Å². The third kappa shape index (κ3) is 4.92. The number of carboxylic acids is 1. The number of ether oxygens (including phenoxy) is 1. The number of nitrogen functional groups attached to an aromatic ring is 1. The zero-order chi connectivity index (χ0) is 23.3. The number of benzene rings is 1. The number of amides is 1. The standard InChI is InChI=1S/C21H22N6O5/c1-2-32-21(31)17(5-6-18(28)29)27-11-12-7-13(3-4-15(12)20(27)30)24-9-14-10-25-19(23)16(8-22)26-14/h3-4,7,10,17,24H,2,5-6,9,11H2,1H3,(H2,23,25)(H,28,29)/t17-/m0/s1. The number of anilines is 2. The topological polar surface area (TPSA) is 172 Å². The summed E-state index contributed by atoms with van der Waals surface area (Å²) >= 11 is 0. The van der Waals surface area contributed by atoms with Crippen LogP contribution in [0.1, 0.15) is 47.1 Å². The number of esters is 1. The molecule has 1 aromatic heterocycles. The van der Waals surface area contributed by atoms with Crippen LogP contribution in [0.15, 0.2) is 24.4 Å². The van der Waals surface area contributed by atoms with Gasteiger partial charge in [0.15, 0.2) is 11.5 Å². The summed E-state index contributed by atoms with van der Waals surface area (Å²) in [6.45, 7) is 2.22. The van der Waals surface area contributed by atoms with Crippen molar-refractivity contribution in [3.63, 3.8) is 0 Å². The third-order valence-electron chi connectivity index (χ3n) is 4.93. The van der Waals surface area contributed by atoms with Crippen LogP contribution < -0.4 is 11.1 Å². The van der Waals surface area contributed by atoms with Gasteiger partial charge in [-0.05, 0) is 37.1 Å². The molecule has 3 rings (SSSR count). The van der Waals surface area contributed by atoms with Crippen molar-refractivity contribution in [3.05, 3.63) is 46.9 Å². The number of nitrogens with two attached hydrogens (primary N) is 1. The molecule has 1 aromatic carbocycles. The Balaban J connectivity index is 1.74. The van der Waals surface area contributed by atoms with Crippen LogP contribution in [0, 0.1) is 11.3 Å². The van der Waals surface area contributed by atoms with Crippen LogP contribution in [0.2, 0.25) is 0 Å². The number of hydrogen-bond donors (Lipinski definition) is 3. The number of nitrogens with zero attached hydrogens (tertiary/aromatic N) is 4. The van der Waals surface area contributed by atoms with E-state index in [4.69, 9.17) is 20.8 Å². The molecule has 2 aromatic rings. The summed E-state index contributed by atoms with van der Waals surface area (Å²) in [4.78, 5) is 45.7. The highest BCUT2D eigenvalue weighted by Crippen LogP contribution is 2.29. The molecule has 0 radical (unpaired) electrons. The summed E-state index contributed by atoms with van der Waals surface area (Å²) in [5.74, 6) is -1.96. The first-order chi connectivity index (χ1) is 15.3. The maximum absolute atomic E-state index is 12.9. The summed E-state index contributed by atoms with van der Waals surface area (Å²) in [7, 11) is 0. The van der Waals surface area contributed by atoms with Crippen LogP contribution in [0.4, 0.5) is 11.5 Å². The zero-order valence-electron chi connectivity index (χ0n) is 17.4. The monoisotopic (exact) mass is 438 g/mol. The van der Waals surface area contributed by atoms with Crippen molar-refractivity contribution in [1.29, 1.82) is 5.26 Å². The van der Waals surface area contributed by atoms with Gasteiger partial charge in [-0.25, -0.2) is 14.8 Å². The number of carbonyl (C=O) groups excluding carboxylic acids is 2. The Morgan fingerprint density at radius 1 is 1.44 bits per heavy atom. The first-order valence-electron chi connectivity index (χ1n) is 9.91. The Morgan fingerprint density at radius 3 is 2.91 bits per heavy atom. The number of rotatable bonds is 9. The summed E-state index contributed by atoms with van der Waals surface area (Å²) in [6, 6.07) is 6.05. The quantitative estimate of drug-likeness (QED) is 0.484. The molecule has 11 nitrogen and oxygen atoms in total. The van der Waals surface area contributed by atoms with Crippen LogP contribution in [-0.4, -0.2) is 50.5 Å². The van der Waals surface area contributed by atoms with Gasteiger partial charge in [-0.3, -0.25) is 9.59 Å². The van der Waals surface area contributed by atoms with Crippen LogP contribution in [-0.2, 0) is 27.4 Å². The number of aliphatic carboxylic acids is 1. The highest BCUT2D eigenvalue weighted by molar-refractivity contribution is 6.01. The molecule has 166 valence electrons. The number of nitriles is 1.